The fourth-order valence-electron chi connectivity index (χ4n) is 4.11. The molecule has 0 saturated carbocycles. The van der Waals surface area contributed by atoms with Crippen LogP contribution in [0, 0.1) is 6.92 Å². The Kier molecular flexibility index (Phi) is 6.68. The first-order chi connectivity index (χ1) is 16.5. The molecule has 2 aromatic heterocycles. The average Bonchev–Trinajstić information content (AvgIpc) is 3.03. The van der Waals surface area contributed by atoms with Crippen LogP contribution in [-0.4, -0.2) is 32.5 Å². The Hall–Kier alpha value is -3.26. The highest BCUT2D eigenvalue weighted by molar-refractivity contribution is 9.10. The Labute approximate surface area is 212 Å². The third-order valence-corrected chi connectivity index (χ3v) is 6.21. The third kappa shape index (κ3) is 4.93. The molecule has 35 heavy (non-hydrogen) atoms. The molecule has 0 saturated heterocycles. The van der Waals surface area contributed by atoms with Crippen LogP contribution >= 0.6 is 15.9 Å². The minimum Gasteiger partial charge on any atom is -0.462 e. The van der Waals surface area contributed by atoms with E-state index in [0.29, 0.717) is 16.7 Å². The summed E-state index contributed by atoms with van der Waals surface area (Å²) in [6.45, 7) is 11.7. The number of benzene rings is 2. The van der Waals surface area contributed by atoms with E-state index < -0.39 is 5.41 Å². The number of esters is 1. The number of hydrogen-bond donors (Lipinski definition) is 0. The lowest BCUT2D eigenvalue weighted by Crippen LogP contribution is -2.29. The zero-order chi connectivity index (χ0) is 25.5. The number of para-hydroxylation sites is 1. The molecular formula is C27H29BrN4O3. The van der Waals surface area contributed by atoms with Crippen molar-refractivity contribution >= 4 is 49.9 Å². The van der Waals surface area contributed by atoms with E-state index in [1.54, 1.807) is 12.3 Å². The molecule has 7 nitrogen and oxygen atoms in total. The Morgan fingerprint density at radius 2 is 1.89 bits per heavy atom. The molecule has 4 rings (SSSR count). The quantitative estimate of drug-likeness (QED) is 0.247. The average molecular weight is 537 g/mol. The monoisotopic (exact) mass is 536 g/mol. The van der Waals surface area contributed by atoms with E-state index in [2.05, 4.69) is 21.0 Å². The fourth-order valence-corrected chi connectivity index (χ4v) is 4.47. The van der Waals surface area contributed by atoms with Crippen molar-refractivity contribution in [2.45, 2.75) is 59.6 Å². The standard InChI is InChI=1S/C27H29BrN4O3/c1-16(2)35-24(33)15-31-17(3)21(19-9-7-8-10-23(19)31)14-29-32-25(34)20-13-18(28)11-12-22(20)30-26(32)27(4,5)6/h7-14,16H,15H2,1-6H3. The van der Waals surface area contributed by atoms with Gasteiger partial charge in [0.05, 0.1) is 23.2 Å². The molecule has 0 atom stereocenters. The smallest absolute Gasteiger partial charge is 0.326 e. The normalized spacial score (nSPS) is 12.3. The Morgan fingerprint density at radius 1 is 1.17 bits per heavy atom. The zero-order valence-corrected chi connectivity index (χ0v) is 22.4. The van der Waals surface area contributed by atoms with Gasteiger partial charge < -0.3 is 9.30 Å². The number of hydrogen-bond acceptors (Lipinski definition) is 5. The van der Waals surface area contributed by atoms with Crippen LogP contribution in [0.3, 0.4) is 0 Å². The minimum atomic E-state index is -0.415. The number of fused-ring (bicyclic) bond motifs is 2. The molecule has 2 heterocycles. The molecule has 0 bridgehead atoms. The van der Waals surface area contributed by atoms with Gasteiger partial charge in [-0.3, -0.25) is 9.59 Å². The molecule has 182 valence electrons. The second kappa shape index (κ2) is 9.41. The van der Waals surface area contributed by atoms with Crippen LogP contribution in [0.15, 0.2) is 56.8 Å². The second-order valence-electron chi connectivity index (χ2n) is 9.85. The summed E-state index contributed by atoms with van der Waals surface area (Å²) in [4.78, 5) is 30.7. The highest BCUT2D eigenvalue weighted by atomic mass is 79.9. The Balaban J connectivity index is 1.88. The minimum absolute atomic E-state index is 0.0944. The molecule has 0 fully saturated rings. The lowest BCUT2D eigenvalue weighted by atomic mass is 9.95. The van der Waals surface area contributed by atoms with Gasteiger partial charge in [-0.2, -0.15) is 9.78 Å². The molecule has 0 aliphatic rings. The van der Waals surface area contributed by atoms with E-state index >= 15 is 0 Å². The highest BCUT2D eigenvalue weighted by Crippen LogP contribution is 2.26. The maximum atomic E-state index is 13.5. The van der Waals surface area contributed by atoms with Gasteiger partial charge in [-0.1, -0.05) is 54.9 Å². The Bertz CT molecular complexity index is 1520. The van der Waals surface area contributed by atoms with Gasteiger partial charge in [0, 0.05) is 32.0 Å². The molecule has 2 aromatic carbocycles. The number of halogens is 1. The summed E-state index contributed by atoms with van der Waals surface area (Å²) in [5.41, 5.74) is 2.57. The fraction of sp³-hybridized carbons (Fsp3) is 0.333. The topological polar surface area (TPSA) is 78.5 Å². The Morgan fingerprint density at radius 3 is 2.57 bits per heavy atom. The summed E-state index contributed by atoms with van der Waals surface area (Å²) in [5, 5.41) is 6.07. The maximum Gasteiger partial charge on any atom is 0.326 e. The van der Waals surface area contributed by atoms with Crippen molar-refractivity contribution in [2.24, 2.45) is 5.10 Å². The van der Waals surface area contributed by atoms with Crippen LogP contribution < -0.4 is 5.56 Å². The van der Waals surface area contributed by atoms with Crippen LogP contribution in [-0.2, 0) is 21.5 Å². The lowest BCUT2D eigenvalue weighted by Gasteiger charge is -2.20. The summed E-state index contributed by atoms with van der Waals surface area (Å²) in [5.74, 6) is 0.262. The molecule has 8 heteroatoms. The van der Waals surface area contributed by atoms with Crippen molar-refractivity contribution in [1.29, 1.82) is 0 Å². The van der Waals surface area contributed by atoms with E-state index in [9.17, 15) is 9.59 Å². The molecule has 0 radical (unpaired) electrons. The van der Waals surface area contributed by atoms with Crippen molar-refractivity contribution < 1.29 is 9.53 Å². The number of ether oxygens (including phenoxy) is 1. The van der Waals surface area contributed by atoms with Crippen LogP contribution in [0.1, 0.15) is 51.7 Å². The first kappa shape index (κ1) is 24.9. The van der Waals surface area contributed by atoms with Crippen molar-refractivity contribution in [2.75, 3.05) is 0 Å². The summed E-state index contributed by atoms with van der Waals surface area (Å²) in [6, 6.07) is 13.3. The predicted molar refractivity (Wildman–Crippen MR) is 143 cm³/mol. The van der Waals surface area contributed by atoms with E-state index in [-0.39, 0.29) is 24.2 Å². The van der Waals surface area contributed by atoms with E-state index in [1.165, 1.54) is 4.68 Å². The first-order valence-electron chi connectivity index (χ1n) is 11.5. The molecule has 0 aliphatic heterocycles. The largest absolute Gasteiger partial charge is 0.462 e. The van der Waals surface area contributed by atoms with E-state index in [4.69, 9.17) is 9.72 Å². The number of nitrogens with zero attached hydrogens (tertiary/aromatic N) is 4. The van der Waals surface area contributed by atoms with Gasteiger partial charge in [-0.05, 0) is 45.0 Å². The number of carbonyl (C=O) groups is 1. The first-order valence-corrected chi connectivity index (χ1v) is 12.3. The highest BCUT2D eigenvalue weighted by Gasteiger charge is 2.23. The van der Waals surface area contributed by atoms with Crippen LogP contribution in [0.2, 0.25) is 0 Å². The van der Waals surface area contributed by atoms with E-state index in [0.717, 1.165) is 26.6 Å². The SMILES string of the molecule is Cc1c(C=Nn2c(C(C)(C)C)nc3ccc(Br)cc3c2=O)c2ccccc2n1CC(=O)OC(C)C. The molecule has 0 amide bonds. The van der Waals surface area contributed by atoms with Crippen molar-refractivity contribution in [1.82, 2.24) is 14.2 Å². The second-order valence-corrected chi connectivity index (χ2v) is 10.8. The van der Waals surface area contributed by atoms with Crippen molar-refractivity contribution in [3.05, 3.63) is 74.4 Å². The van der Waals surface area contributed by atoms with Gasteiger partial charge in [0.15, 0.2) is 0 Å². The zero-order valence-electron chi connectivity index (χ0n) is 20.8. The summed E-state index contributed by atoms with van der Waals surface area (Å²) >= 11 is 3.44. The van der Waals surface area contributed by atoms with Gasteiger partial charge in [-0.25, -0.2) is 4.98 Å². The van der Waals surface area contributed by atoms with E-state index in [1.807, 2.05) is 82.5 Å². The molecule has 0 spiro atoms. The molecular weight excluding hydrogens is 508 g/mol. The molecule has 0 N–H and O–H groups in total. The summed E-state index contributed by atoms with van der Waals surface area (Å²) in [6.07, 6.45) is 1.50. The number of carbonyl (C=O) groups excluding carboxylic acids is 1. The number of aromatic nitrogens is 3. The van der Waals surface area contributed by atoms with Gasteiger partial charge in [0.25, 0.3) is 5.56 Å². The van der Waals surface area contributed by atoms with Crippen molar-refractivity contribution in [3.63, 3.8) is 0 Å². The van der Waals surface area contributed by atoms with Gasteiger partial charge in [0.1, 0.15) is 12.4 Å². The predicted octanol–water partition coefficient (Wildman–Crippen LogP) is 5.55. The van der Waals surface area contributed by atoms with Crippen LogP contribution in [0.5, 0.6) is 0 Å². The molecule has 0 aliphatic carbocycles. The number of rotatable bonds is 5. The summed E-state index contributed by atoms with van der Waals surface area (Å²) < 4.78 is 9.47. The molecule has 0 unspecified atom stereocenters. The third-order valence-electron chi connectivity index (χ3n) is 5.72. The summed E-state index contributed by atoms with van der Waals surface area (Å²) in [7, 11) is 0. The van der Waals surface area contributed by atoms with Gasteiger partial charge in [-0.15, -0.1) is 0 Å². The van der Waals surface area contributed by atoms with Crippen LogP contribution in [0.4, 0.5) is 0 Å². The lowest BCUT2D eigenvalue weighted by molar-refractivity contribution is -0.148. The van der Waals surface area contributed by atoms with Crippen molar-refractivity contribution in [3.8, 4) is 0 Å². The maximum absolute atomic E-state index is 13.5. The van der Waals surface area contributed by atoms with Gasteiger partial charge >= 0.3 is 5.97 Å². The van der Waals surface area contributed by atoms with Gasteiger partial charge in [0.2, 0.25) is 0 Å². The van der Waals surface area contributed by atoms with Crippen LogP contribution in [0.25, 0.3) is 21.8 Å². The molecule has 4 aromatic rings.